The number of carbonyl (C=O) groups is 2. The van der Waals surface area contributed by atoms with Gasteiger partial charge in [-0.2, -0.15) is 0 Å². The number of aromatic nitrogens is 4. The first-order valence-electron chi connectivity index (χ1n) is 12.3. The number of nitrogens with one attached hydrogen (secondary N) is 4. The zero-order chi connectivity index (χ0) is 25.0. The SMILES string of the molecule is O=C(CCSSCCC(=O)NCCCc1nc2ccccc2[nH]1)NCCCc1nc2ccccc2[nH]1. The summed E-state index contributed by atoms with van der Waals surface area (Å²) in [5.74, 6) is 3.50. The van der Waals surface area contributed by atoms with Crippen LogP contribution in [0.1, 0.15) is 37.3 Å². The van der Waals surface area contributed by atoms with Crippen molar-refractivity contribution in [2.45, 2.75) is 38.5 Å². The van der Waals surface area contributed by atoms with Gasteiger partial charge in [-0.05, 0) is 37.1 Å². The molecule has 10 heteroatoms. The molecule has 8 nitrogen and oxygen atoms in total. The van der Waals surface area contributed by atoms with Crippen LogP contribution in [0.3, 0.4) is 0 Å². The summed E-state index contributed by atoms with van der Waals surface area (Å²) in [7, 11) is 3.28. The van der Waals surface area contributed by atoms with Crippen molar-refractivity contribution in [1.29, 1.82) is 0 Å². The minimum atomic E-state index is 0.0647. The minimum absolute atomic E-state index is 0.0647. The molecule has 0 fully saturated rings. The summed E-state index contributed by atoms with van der Waals surface area (Å²) in [5.41, 5.74) is 4.04. The molecule has 36 heavy (non-hydrogen) atoms. The number of benzene rings is 2. The molecule has 0 aliphatic rings. The number of hydrogen-bond acceptors (Lipinski definition) is 6. The molecular formula is C26H32N6O2S2. The van der Waals surface area contributed by atoms with Crippen LogP contribution in [0.4, 0.5) is 0 Å². The van der Waals surface area contributed by atoms with E-state index < -0.39 is 0 Å². The Balaban J connectivity index is 0.958. The number of nitrogens with zero attached hydrogens (tertiary/aromatic N) is 2. The second-order valence-electron chi connectivity index (χ2n) is 8.45. The van der Waals surface area contributed by atoms with Gasteiger partial charge in [0.1, 0.15) is 11.6 Å². The highest BCUT2D eigenvalue weighted by molar-refractivity contribution is 8.76. The molecule has 4 aromatic rings. The van der Waals surface area contributed by atoms with E-state index in [1.165, 1.54) is 0 Å². The molecule has 2 amide bonds. The van der Waals surface area contributed by atoms with Crippen LogP contribution in [-0.2, 0) is 22.4 Å². The van der Waals surface area contributed by atoms with Gasteiger partial charge < -0.3 is 20.6 Å². The largest absolute Gasteiger partial charge is 0.356 e. The second-order valence-corrected chi connectivity index (χ2v) is 11.2. The van der Waals surface area contributed by atoms with Crippen molar-refractivity contribution in [2.75, 3.05) is 24.6 Å². The van der Waals surface area contributed by atoms with E-state index >= 15 is 0 Å². The first kappa shape index (κ1) is 26.1. The average Bonchev–Trinajstić information content (AvgIpc) is 3.50. The van der Waals surface area contributed by atoms with Crippen LogP contribution in [0.15, 0.2) is 48.5 Å². The van der Waals surface area contributed by atoms with Gasteiger partial charge in [0.15, 0.2) is 0 Å². The topological polar surface area (TPSA) is 116 Å². The highest BCUT2D eigenvalue weighted by Gasteiger charge is 2.06. The van der Waals surface area contributed by atoms with Gasteiger partial charge in [0.05, 0.1) is 22.1 Å². The summed E-state index contributed by atoms with van der Waals surface area (Å²) in [6, 6.07) is 15.9. The molecule has 0 spiro atoms. The number of carbonyl (C=O) groups excluding carboxylic acids is 2. The van der Waals surface area contributed by atoms with Crippen molar-refractivity contribution < 1.29 is 9.59 Å². The van der Waals surface area contributed by atoms with Crippen LogP contribution in [0, 0.1) is 0 Å². The molecule has 0 radical (unpaired) electrons. The summed E-state index contributed by atoms with van der Waals surface area (Å²) < 4.78 is 0. The van der Waals surface area contributed by atoms with E-state index in [-0.39, 0.29) is 11.8 Å². The molecule has 0 aliphatic heterocycles. The molecule has 4 N–H and O–H groups in total. The van der Waals surface area contributed by atoms with Crippen molar-refractivity contribution in [1.82, 2.24) is 30.6 Å². The van der Waals surface area contributed by atoms with E-state index in [9.17, 15) is 9.59 Å². The molecule has 0 atom stereocenters. The Morgan fingerprint density at radius 3 is 1.58 bits per heavy atom. The first-order chi connectivity index (χ1) is 17.7. The van der Waals surface area contributed by atoms with Crippen molar-refractivity contribution in [3.63, 3.8) is 0 Å². The number of hydrogen-bond donors (Lipinski definition) is 4. The predicted octanol–water partition coefficient (Wildman–Crippen LogP) is 4.40. The molecule has 0 aliphatic carbocycles. The molecule has 4 rings (SSSR count). The molecule has 190 valence electrons. The third-order valence-corrected chi connectivity index (χ3v) is 8.02. The maximum atomic E-state index is 12.0. The van der Waals surface area contributed by atoms with Gasteiger partial charge in [0, 0.05) is 50.3 Å². The molecule has 0 saturated heterocycles. The lowest BCUT2D eigenvalue weighted by molar-refractivity contribution is -0.121. The number of aryl methyl sites for hydroxylation is 2. The summed E-state index contributed by atoms with van der Waals surface area (Å²) in [5, 5.41) is 5.94. The third kappa shape index (κ3) is 8.30. The first-order valence-corrected chi connectivity index (χ1v) is 14.8. The Morgan fingerprint density at radius 2 is 1.14 bits per heavy atom. The normalized spacial score (nSPS) is 11.2. The monoisotopic (exact) mass is 524 g/mol. The summed E-state index contributed by atoms with van der Waals surface area (Å²) in [6.45, 7) is 1.29. The molecular weight excluding hydrogens is 492 g/mol. The van der Waals surface area contributed by atoms with Crippen molar-refractivity contribution in [2.24, 2.45) is 0 Å². The highest BCUT2D eigenvalue weighted by Crippen LogP contribution is 2.22. The maximum absolute atomic E-state index is 12.0. The Kier molecular flexibility index (Phi) is 10.1. The Labute approximate surface area is 218 Å². The van der Waals surface area contributed by atoms with Crippen molar-refractivity contribution >= 4 is 55.5 Å². The van der Waals surface area contributed by atoms with Gasteiger partial charge in [0.25, 0.3) is 0 Å². The van der Waals surface area contributed by atoms with Gasteiger partial charge in [-0.3, -0.25) is 9.59 Å². The maximum Gasteiger partial charge on any atom is 0.220 e. The van der Waals surface area contributed by atoms with Crippen LogP contribution in [0.5, 0.6) is 0 Å². The van der Waals surface area contributed by atoms with Gasteiger partial charge in [-0.25, -0.2) is 9.97 Å². The van der Waals surface area contributed by atoms with E-state index in [1.807, 2.05) is 48.5 Å². The lowest BCUT2D eigenvalue weighted by Crippen LogP contribution is -2.25. The number of aromatic amines is 2. The molecule has 2 aromatic carbocycles. The van der Waals surface area contributed by atoms with Crippen LogP contribution in [-0.4, -0.2) is 56.3 Å². The predicted molar refractivity (Wildman–Crippen MR) is 149 cm³/mol. The van der Waals surface area contributed by atoms with E-state index in [2.05, 4.69) is 30.6 Å². The van der Waals surface area contributed by atoms with Gasteiger partial charge in [-0.15, -0.1) is 0 Å². The van der Waals surface area contributed by atoms with Crippen LogP contribution in [0.2, 0.25) is 0 Å². The smallest absolute Gasteiger partial charge is 0.220 e. The Morgan fingerprint density at radius 1 is 0.694 bits per heavy atom. The molecule has 0 bridgehead atoms. The lowest BCUT2D eigenvalue weighted by atomic mass is 10.3. The second kappa shape index (κ2) is 13.9. The van der Waals surface area contributed by atoms with E-state index in [4.69, 9.17) is 0 Å². The summed E-state index contributed by atoms with van der Waals surface area (Å²) in [4.78, 5) is 39.7. The average molecular weight is 525 g/mol. The quantitative estimate of drug-likeness (QED) is 0.135. The van der Waals surface area contributed by atoms with Crippen LogP contribution >= 0.6 is 21.6 Å². The molecule has 2 aromatic heterocycles. The minimum Gasteiger partial charge on any atom is -0.356 e. The Hall–Kier alpha value is -2.98. The van der Waals surface area contributed by atoms with Crippen molar-refractivity contribution in [3.8, 4) is 0 Å². The molecule has 2 heterocycles. The number of fused-ring (bicyclic) bond motifs is 2. The zero-order valence-corrected chi connectivity index (χ0v) is 21.9. The zero-order valence-electron chi connectivity index (χ0n) is 20.2. The Bertz CT molecular complexity index is 1110. The number of imidazole rings is 2. The number of para-hydroxylation sites is 4. The van der Waals surface area contributed by atoms with E-state index in [0.717, 1.165) is 70.9 Å². The third-order valence-electron chi connectivity index (χ3n) is 5.61. The van der Waals surface area contributed by atoms with Crippen molar-refractivity contribution in [3.05, 3.63) is 60.2 Å². The van der Waals surface area contributed by atoms with Crippen LogP contribution < -0.4 is 10.6 Å². The number of rotatable bonds is 15. The summed E-state index contributed by atoms with van der Waals surface area (Å²) in [6.07, 6.45) is 4.28. The van der Waals surface area contributed by atoms with Gasteiger partial charge in [0.2, 0.25) is 11.8 Å². The van der Waals surface area contributed by atoms with E-state index in [0.29, 0.717) is 25.9 Å². The van der Waals surface area contributed by atoms with E-state index in [1.54, 1.807) is 21.6 Å². The fourth-order valence-corrected chi connectivity index (χ4v) is 5.76. The highest BCUT2D eigenvalue weighted by atomic mass is 33.1. The fraction of sp³-hybridized carbons (Fsp3) is 0.385. The van der Waals surface area contributed by atoms with Gasteiger partial charge in [-0.1, -0.05) is 45.9 Å². The summed E-state index contributed by atoms with van der Waals surface area (Å²) >= 11 is 0. The van der Waals surface area contributed by atoms with Gasteiger partial charge >= 0.3 is 0 Å². The standard InChI is InChI=1S/C26H32N6O2S2/c33-25(27-15-5-11-23-29-19-7-1-2-8-20(19)30-23)13-17-35-36-18-14-26(34)28-16-6-12-24-31-21-9-3-4-10-22(21)32-24/h1-4,7-10H,5-6,11-18H2,(H,27,33)(H,28,34)(H,29,30)(H,31,32). The lowest BCUT2D eigenvalue weighted by Gasteiger charge is -2.05. The number of H-pyrrole nitrogens is 2. The number of amides is 2. The molecule has 0 unspecified atom stereocenters. The molecule has 0 saturated carbocycles. The van der Waals surface area contributed by atoms with Crippen LogP contribution in [0.25, 0.3) is 22.1 Å². The fourth-order valence-electron chi connectivity index (χ4n) is 3.78.